The maximum atomic E-state index is 12.8. The van der Waals surface area contributed by atoms with Crippen molar-refractivity contribution in [1.29, 1.82) is 0 Å². The Balaban J connectivity index is 4.28. The van der Waals surface area contributed by atoms with Crippen LogP contribution in [0.5, 0.6) is 0 Å². The molecule has 0 spiro atoms. The second-order valence-corrected chi connectivity index (χ2v) is 19.0. The van der Waals surface area contributed by atoms with E-state index in [0.29, 0.717) is 19.3 Å². The number of hydrogen-bond acceptors (Lipinski definition) is 6. The summed E-state index contributed by atoms with van der Waals surface area (Å²) in [4.78, 5) is 38.0. The van der Waals surface area contributed by atoms with Crippen LogP contribution in [0.1, 0.15) is 304 Å². The average molecular weight is 849 g/mol. The molecule has 1 atom stereocenters. The first-order valence-corrected chi connectivity index (χ1v) is 26.9. The lowest BCUT2D eigenvalue weighted by molar-refractivity contribution is -0.167. The van der Waals surface area contributed by atoms with Crippen molar-refractivity contribution in [2.24, 2.45) is 5.92 Å². The average Bonchev–Trinajstić information content (AvgIpc) is 3.23. The minimum atomic E-state index is -0.761. The molecule has 0 amide bonds. The van der Waals surface area contributed by atoms with Gasteiger partial charge in [0, 0.05) is 19.3 Å². The predicted octanol–water partition coefficient (Wildman–Crippen LogP) is 17.5. The highest BCUT2D eigenvalue weighted by Crippen LogP contribution is 2.17. The van der Waals surface area contributed by atoms with Crippen molar-refractivity contribution in [3.8, 4) is 0 Å². The summed E-state index contributed by atoms with van der Waals surface area (Å²) < 4.78 is 16.8. The van der Waals surface area contributed by atoms with Gasteiger partial charge in [-0.2, -0.15) is 0 Å². The molecule has 356 valence electrons. The minimum absolute atomic E-state index is 0.0628. The van der Waals surface area contributed by atoms with Crippen molar-refractivity contribution >= 4 is 17.9 Å². The number of carbonyl (C=O) groups is 3. The third-order valence-electron chi connectivity index (χ3n) is 12.3. The second kappa shape index (κ2) is 48.4. The SMILES string of the molecule is CCCCCCCCCCCCCCCCCCCC(=O)OC[C@@H](COC(=O)CCCCCCCCCCCCCCC)OC(=O)CCCCCCCCCCCC(C)C. The minimum Gasteiger partial charge on any atom is -0.462 e. The molecule has 0 saturated carbocycles. The molecule has 6 nitrogen and oxygen atoms in total. The first-order chi connectivity index (χ1) is 29.4. The zero-order valence-electron chi connectivity index (χ0n) is 40.9. The first kappa shape index (κ1) is 58.4. The van der Waals surface area contributed by atoms with Crippen LogP contribution in [0.25, 0.3) is 0 Å². The van der Waals surface area contributed by atoms with Crippen LogP contribution in [0.4, 0.5) is 0 Å². The molecule has 0 aromatic heterocycles. The third-order valence-corrected chi connectivity index (χ3v) is 12.3. The number of rotatable bonds is 49. The van der Waals surface area contributed by atoms with E-state index in [2.05, 4.69) is 27.7 Å². The number of carbonyl (C=O) groups excluding carboxylic acids is 3. The Bertz CT molecular complexity index is 903. The zero-order valence-corrected chi connectivity index (χ0v) is 40.9. The summed E-state index contributed by atoms with van der Waals surface area (Å²) in [5, 5.41) is 0. The van der Waals surface area contributed by atoms with Crippen LogP contribution >= 0.6 is 0 Å². The lowest BCUT2D eigenvalue weighted by Crippen LogP contribution is -2.30. The van der Waals surface area contributed by atoms with Gasteiger partial charge < -0.3 is 14.2 Å². The fourth-order valence-electron chi connectivity index (χ4n) is 8.22. The Morgan fingerprint density at radius 2 is 0.550 bits per heavy atom. The van der Waals surface area contributed by atoms with E-state index >= 15 is 0 Å². The molecule has 0 aliphatic carbocycles. The third kappa shape index (κ3) is 47.5. The summed E-state index contributed by atoms with van der Waals surface area (Å²) in [5.41, 5.74) is 0. The van der Waals surface area contributed by atoms with Gasteiger partial charge in [-0.1, -0.05) is 265 Å². The zero-order chi connectivity index (χ0) is 43.8. The molecule has 0 bridgehead atoms. The molecule has 0 heterocycles. The highest BCUT2D eigenvalue weighted by Gasteiger charge is 2.19. The summed E-state index contributed by atoms with van der Waals surface area (Å²) in [6, 6.07) is 0. The predicted molar refractivity (Wildman–Crippen MR) is 257 cm³/mol. The van der Waals surface area contributed by atoms with E-state index in [-0.39, 0.29) is 31.1 Å². The molecule has 0 unspecified atom stereocenters. The molecule has 0 aromatic rings. The van der Waals surface area contributed by atoms with Gasteiger partial charge in [-0.3, -0.25) is 14.4 Å². The molecule has 0 radical (unpaired) electrons. The van der Waals surface area contributed by atoms with Gasteiger partial charge in [0.25, 0.3) is 0 Å². The van der Waals surface area contributed by atoms with Crippen molar-refractivity contribution in [3.05, 3.63) is 0 Å². The maximum absolute atomic E-state index is 12.8. The molecule has 0 rings (SSSR count). The van der Waals surface area contributed by atoms with Gasteiger partial charge in [-0.25, -0.2) is 0 Å². The van der Waals surface area contributed by atoms with E-state index in [1.54, 1.807) is 0 Å². The number of ether oxygens (including phenoxy) is 3. The van der Waals surface area contributed by atoms with Gasteiger partial charge >= 0.3 is 17.9 Å². The Morgan fingerprint density at radius 1 is 0.317 bits per heavy atom. The van der Waals surface area contributed by atoms with Gasteiger partial charge in [0.15, 0.2) is 6.10 Å². The highest BCUT2D eigenvalue weighted by molar-refractivity contribution is 5.71. The van der Waals surface area contributed by atoms with Gasteiger partial charge in [0.1, 0.15) is 13.2 Å². The van der Waals surface area contributed by atoms with Crippen molar-refractivity contribution in [1.82, 2.24) is 0 Å². The van der Waals surface area contributed by atoms with Crippen LogP contribution in [0.2, 0.25) is 0 Å². The van der Waals surface area contributed by atoms with E-state index in [4.69, 9.17) is 14.2 Å². The summed E-state index contributed by atoms with van der Waals surface area (Å²) in [6.07, 6.45) is 50.9. The lowest BCUT2D eigenvalue weighted by atomic mass is 10.0. The second-order valence-electron chi connectivity index (χ2n) is 19.0. The van der Waals surface area contributed by atoms with Crippen LogP contribution in [0.15, 0.2) is 0 Å². The number of esters is 3. The Labute approximate surface area is 374 Å². The van der Waals surface area contributed by atoms with Gasteiger partial charge in [0.05, 0.1) is 0 Å². The molecule has 6 heteroatoms. The molecule has 0 aromatic carbocycles. The Hall–Kier alpha value is -1.59. The van der Waals surface area contributed by atoms with Crippen LogP contribution in [-0.4, -0.2) is 37.2 Å². The lowest BCUT2D eigenvalue weighted by Gasteiger charge is -2.18. The molecule has 0 N–H and O–H groups in total. The van der Waals surface area contributed by atoms with Crippen LogP contribution in [0.3, 0.4) is 0 Å². The van der Waals surface area contributed by atoms with Crippen molar-refractivity contribution < 1.29 is 28.6 Å². The Morgan fingerprint density at radius 3 is 0.817 bits per heavy atom. The molecule has 0 aliphatic rings. The molecule has 0 saturated heterocycles. The first-order valence-electron chi connectivity index (χ1n) is 26.9. The summed E-state index contributed by atoms with van der Waals surface area (Å²) in [5.74, 6) is -0.0369. The van der Waals surface area contributed by atoms with Crippen molar-refractivity contribution in [3.63, 3.8) is 0 Å². The van der Waals surface area contributed by atoms with E-state index < -0.39 is 6.10 Å². The standard InChI is InChI=1S/C54H104O6/c1-5-7-9-11-13-15-17-19-20-21-22-24-26-30-34-38-42-46-53(56)59-49-51(60-54(57)47-43-39-35-31-27-28-32-36-40-44-50(3)4)48-58-52(55)45-41-37-33-29-25-23-18-16-14-12-10-8-6-2/h50-51H,5-49H2,1-4H3/t51-/m1/s1. The monoisotopic (exact) mass is 849 g/mol. The van der Waals surface area contributed by atoms with E-state index in [1.807, 2.05) is 0 Å². The fraction of sp³-hybridized carbons (Fsp3) is 0.944. The fourth-order valence-corrected chi connectivity index (χ4v) is 8.22. The van der Waals surface area contributed by atoms with Gasteiger partial charge in [0.2, 0.25) is 0 Å². The van der Waals surface area contributed by atoms with Crippen molar-refractivity contribution in [2.45, 2.75) is 310 Å². The summed E-state index contributed by atoms with van der Waals surface area (Å²) in [6.45, 7) is 9.01. The number of hydrogen-bond donors (Lipinski definition) is 0. The van der Waals surface area contributed by atoms with Gasteiger partial charge in [-0.05, 0) is 25.2 Å². The quantitative estimate of drug-likeness (QED) is 0.0345. The summed E-state index contributed by atoms with van der Waals surface area (Å²) in [7, 11) is 0. The van der Waals surface area contributed by atoms with Crippen LogP contribution < -0.4 is 0 Å². The van der Waals surface area contributed by atoms with E-state index in [0.717, 1.165) is 63.7 Å². The normalized spacial score (nSPS) is 11.9. The smallest absolute Gasteiger partial charge is 0.306 e. The van der Waals surface area contributed by atoms with Crippen molar-refractivity contribution in [2.75, 3.05) is 13.2 Å². The molecular formula is C54H104O6. The molecule has 0 fully saturated rings. The van der Waals surface area contributed by atoms with E-state index in [9.17, 15) is 14.4 Å². The topological polar surface area (TPSA) is 78.9 Å². The Kier molecular flexibility index (Phi) is 47.2. The molecule has 60 heavy (non-hydrogen) atoms. The van der Waals surface area contributed by atoms with Gasteiger partial charge in [-0.15, -0.1) is 0 Å². The highest BCUT2D eigenvalue weighted by atomic mass is 16.6. The maximum Gasteiger partial charge on any atom is 0.306 e. The molecule has 0 aliphatic heterocycles. The van der Waals surface area contributed by atoms with Crippen LogP contribution in [0, 0.1) is 5.92 Å². The van der Waals surface area contributed by atoms with Crippen LogP contribution in [-0.2, 0) is 28.6 Å². The molecular weight excluding hydrogens is 745 g/mol. The largest absolute Gasteiger partial charge is 0.462 e. The summed E-state index contributed by atoms with van der Waals surface area (Å²) >= 11 is 0. The van der Waals surface area contributed by atoms with E-state index in [1.165, 1.54) is 199 Å². The number of unbranched alkanes of at least 4 members (excludes halogenated alkanes) is 36.